The second-order valence-electron chi connectivity index (χ2n) is 11.6. The molecule has 41 heavy (non-hydrogen) atoms. The number of alkyl halides is 3. The lowest BCUT2D eigenvalue weighted by Gasteiger charge is -2.31. The Hall–Kier alpha value is -3.11. The number of rotatable bonds is 6. The van der Waals surface area contributed by atoms with Gasteiger partial charge in [0.15, 0.2) is 0 Å². The van der Waals surface area contributed by atoms with E-state index in [2.05, 4.69) is 4.90 Å². The molecule has 1 unspecified atom stereocenters. The SMILES string of the molecule is CN(C(=O)N1CC[C@H](N(C)C(=O)c2ccc(-c3ccc(C(F)(F)F)cc3)cc2)C1)C1CCN(CC2CCOCC2)C1. The van der Waals surface area contributed by atoms with Crippen LogP contribution in [0.15, 0.2) is 48.5 Å². The summed E-state index contributed by atoms with van der Waals surface area (Å²) in [6, 6.07) is 12.0. The van der Waals surface area contributed by atoms with Crippen molar-refractivity contribution in [3.05, 3.63) is 59.7 Å². The second-order valence-corrected chi connectivity index (χ2v) is 11.6. The van der Waals surface area contributed by atoms with Gasteiger partial charge in [-0.3, -0.25) is 4.79 Å². The number of hydrogen-bond acceptors (Lipinski definition) is 4. The predicted octanol–water partition coefficient (Wildman–Crippen LogP) is 5.07. The lowest BCUT2D eigenvalue weighted by atomic mass is 10.00. The van der Waals surface area contributed by atoms with Gasteiger partial charge in [0.05, 0.1) is 11.6 Å². The molecule has 7 nitrogen and oxygen atoms in total. The summed E-state index contributed by atoms with van der Waals surface area (Å²) in [6.45, 7) is 5.79. The van der Waals surface area contributed by atoms with Crippen molar-refractivity contribution in [2.75, 3.05) is 60.0 Å². The van der Waals surface area contributed by atoms with Crippen LogP contribution < -0.4 is 0 Å². The normalized spacial score (nSPS) is 22.2. The van der Waals surface area contributed by atoms with E-state index in [0.717, 1.165) is 69.8 Å². The van der Waals surface area contributed by atoms with Crippen LogP contribution in [0.3, 0.4) is 0 Å². The zero-order chi connectivity index (χ0) is 29.1. The highest BCUT2D eigenvalue weighted by molar-refractivity contribution is 5.95. The first-order chi connectivity index (χ1) is 19.6. The molecule has 0 aliphatic carbocycles. The Bertz CT molecular complexity index is 1200. The molecule has 3 saturated heterocycles. The van der Waals surface area contributed by atoms with Crippen molar-refractivity contribution in [1.82, 2.24) is 19.6 Å². The number of likely N-dealkylation sites (N-methyl/N-ethyl adjacent to an activating group) is 2. The van der Waals surface area contributed by atoms with E-state index in [4.69, 9.17) is 4.74 Å². The summed E-state index contributed by atoms with van der Waals surface area (Å²) in [4.78, 5) is 34.5. The molecule has 2 atom stereocenters. The van der Waals surface area contributed by atoms with Crippen molar-refractivity contribution in [3.8, 4) is 11.1 Å². The van der Waals surface area contributed by atoms with Crippen molar-refractivity contribution in [1.29, 1.82) is 0 Å². The summed E-state index contributed by atoms with van der Waals surface area (Å²) >= 11 is 0. The topological polar surface area (TPSA) is 56.3 Å². The highest BCUT2D eigenvalue weighted by Gasteiger charge is 2.36. The zero-order valence-corrected chi connectivity index (χ0v) is 23.8. The Morgan fingerprint density at radius 2 is 1.41 bits per heavy atom. The van der Waals surface area contributed by atoms with Crippen LogP contribution in [0.2, 0.25) is 0 Å². The standard InChI is InChI=1S/C31H39F3N4O3/c1-35(29(39)25-5-3-23(4-6-25)24-7-9-26(10-8-24)31(32,33)34)28-12-16-38(21-28)30(40)36(2)27-11-15-37(20-27)19-22-13-17-41-18-14-22/h3-10,22,27-28H,11-21H2,1-2H3/t27?,28-/m0/s1. The van der Waals surface area contributed by atoms with Gasteiger partial charge in [-0.2, -0.15) is 13.2 Å². The maximum Gasteiger partial charge on any atom is 0.416 e. The van der Waals surface area contributed by atoms with Crippen LogP contribution >= 0.6 is 0 Å². The number of hydrogen-bond donors (Lipinski definition) is 0. The predicted molar refractivity (Wildman–Crippen MR) is 150 cm³/mol. The minimum Gasteiger partial charge on any atom is -0.381 e. The van der Waals surface area contributed by atoms with Crippen LogP contribution in [-0.2, 0) is 10.9 Å². The quantitative estimate of drug-likeness (QED) is 0.485. The van der Waals surface area contributed by atoms with E-state index in [1.807, 2.05) is 16.8 Å². The molecule has 0 radical (unpaired) electrons. The summed E-state index contributed by atoms with van der Waals surface area (Å²) in [5, 5.41) is 0. The molecule has 3 aliphatic heterocycles. The molecule has 5 rings (SSSR count). The lowest BCUT2D eigenvalue weighted by Crippen LogP contribution is -2.47. The van der Waals surface area contributed by atoms with Gasteiger partial charge in [0.2, 0.25) is 0 Å². The third-order valence-corrected chi connectivity index (χ3v) is 8.93. The number of likely N-dealkylation sites (tertiary alicyclic amines) is 2. The first-order valence-electron chi connectivity index (χ1n) is 14.5. The molecule has 0 spiro atoms. The summed E-state index contributed by atoms with van der Waals surface area (Å²) in [7, 11) is 3.66. The molecule has 3 amide bonds. The molecule has 0 bridgehead atoms. The number of carbonyl (C=O) groups excluding carboxylic acids is 2. The van der Waals surface area contributed by atoms with Crippen molar-refractivity contribution >= 4 is 11.9 Å². The van der Waals surface area contributed by atoms with E-state index in [9.17, 15) is 22.8 Å². The van der Waals surface area contributed by atoms with E-state index in [0.29, 0.717) is 36.6 Å². The average Bonchev–Trinajstić information content (AvgIpc) is 3.66. The van der Waals surface area contributed by atoms with Crippen LogP contribution in [0.1, 0.15) is 41.6 Å². The van der Waals surface area contributed by atoms with Crippen LogP contribution in [0.5, 0.6) is 0 Å². The van der Waals surface area contributed by atoms with Crippen molar-refractivity contribution < 1.29 is 27.5 Å². The molecule has 222 valence electrons. The fourth-order valence-electron chi connectivity index (χ4n) is 6.23. The Kier molecular flexibility index (Phi) is 8.89. The number of halogens is 3. The first kappa shape index (κ1) is 29.4. The third-order valence-electron chi connectivity index (χ3n) is 8.93. The number of urea groups is 1. The van der Waals surface area contributed by atoms with E-state index < -0.39 is 11.7 Å². The van der Waals surface area contributed by atoms with E-state index >= 15 is 0 Å². The smallest absolute Gasteiger partial charge is 0.381 e. The minimum absolute atomic E-state index is 0.0205. The highest BCUT2D eigenvalue weighted by Crippen LogP contribution is 2.31. The Labute approximate surface area is 239 Å². The molecule has 10 heteroatoms. The molecule has 3 fully saturated rings. The molecular formula is C31H39F3N4O3. The third kappa shape index (κ3) is 6.86. The molecule has 0 aromatic heterocycles. The average molecular weight is 573 g/mol. The van der Waals surface area contributed by atoms with Crippen molar-refractivity contribution in [2.24, 2.45) is 5.92 Å². The highest BCUT2D eigenvalue weighted by atomic mass is 19.4. The maximum atomic E-state index is 13.3. The lowest BCUT2D eigenvalue weighted by molar-refractivity contribution is -0.137. The Morgan fingerprint density at radius 3 is 2.05 bits per heavy atom. The molecule has 0 saturated carbocycles. The van der Waals surface area contributed by atoms with Crippen LogP contribution in [0, 0.1) is 5.92 Å². The van der Waals surface area contributed by atoms with Gasteiger partial charge in [0.25, 0.3) is 5.91 Å². The summed E-state index contributed by atoms with van der Waals surface area (Å²) < 4.78 is 44.1. The van der Waals surface area contributed by atoms with Gasteiger partial charge in [0, 0.05) is 71.6 Å². The number of ether oxygens (including phenoxy) is 1. The fraction of sp³-hybridized carbons (Fsp3) is 0.548. The molecular weight excluding hydrogens is 533 g/mol. The molecule has 2 aromatic carbocycles. The van der Waals surface area contributed by atoms with E-state index in [1.165, 1.54) is 12.1 Å². The van der Waals surface area contributed by atoms with Gasteiger partial charge in [-0.25, -0.2) is 4.79 Å². The maximum absolute atomic E-state index is 13.3. The Morgan fingerprint density at radius 1 is 0.829 bits per heavy atom. The molecule has 2 aromatic rings. The van der Waals surface area contributed by atoms with Crippen LogP contribution in [0.25, 0.3) is 11.1 Å². The van der Waals surface area contributed by atoms with Gasteiger partial charge >= 0.3 is 12.2 Å². The number of benzene rings is 2. The molecule has 3 heterocycles. The summed E-state index contributed by atoms with van der Waals surface area (Å²) in [5.41, 5.74) is 1.19. The number of amides is 3. The van der Waals surface area contributed by atoms with Gasteiger partial charge in [-0.05, 0) is 67.0 Å². The van der Waals surface area contributed by atoms with Gasteiger partial charge in [-0.1, -0.05) is 24.3 Å². The van der Waals surface area contributed by atoms with Gasteiger partial charge < -0.3 is 24.3 Å². The van der Waals surface area contributed by atoms with Gasteiger partial charge in [-0.15, -0.1) is 0 Å². The van der Waals surface area contributed by atoms with Crippen LogP contribution in [0.4, 0.5) is 18.0 Å². The first-order valence-corrected chi connectivity index (χ1v) is 14.5. The zero-order valence-electron chi connectivity index (χ0n) is 23.8. The second kappa shape index (κ2) is 12.4. The van der Waals surface area contributed by atoms with Gasteiger partial charge in [0.1, 0.15) is 0 Å². The van der Waals surface area contributed by atoms with E-state index in [1.54, 1.807) is 36.2 Å². The van der Waals surface area contributed by atoms with Crippen molar-refractivity contribution in [2.45, 2.75) is 43.9 Å². The van der Waals surface area contributed by atoms with Crippen molar-refractivity contribution in [3.63, 3.8) is 0 Å². The summed E-state index contributed by atoms with van der Waals surface area (Å²) in [6.07, 6.45) is -0.464. The molecule has 3 aliphatic rings. The monoisotopic (exact) mass is 572 g/mol. The van der Waals surface area contributed by atoms with E-state index in [-0.39, 0.29) is 24.0 Å². The number of nitrogens with zero attached hydrogens (tertiary/aromatic N) is 4. The number of carbonyl (C=O) groups is 2. The fourth-order valence-corrected chi connectivity index (χ4v) is 6.23. The molecule has 0 N–H and O–H groups in total. The Balaban J connectivity index is 1.12. The largest absolute Gasteiger partial charge is 0.416 e. The minimum atomic E-state index is -4.38. The van der Waals surface area contributed by atoms with Crippen LogP contribution in [-0.4, -0.2) is 104 Å². The summed E-state index contributed by atoms with van der Waals surface area (Å²) in [5.74, 6) is 0.535.